The van der Waals surface area contributed by atoms with Gasteiger partial charge in [-0.2, -0.15) is 5.26 Å². The Labute approximate surface area is 113 Å². The number of nitriles is 1. The number of halogens is 1. The number of nitrogens with two attached hydrogens (primary N) is 1. The number of hydrogen-bond acceptors (Lipinski definition) is 4. The van der Waals surface area contributed by atoms with Crippen LogP contribution in [0.2, 0.25) is 0 Å². The van der Waals surface area contributed by atoms with Crippen molar-refractivity contribution in [1.82, 2.24) is 0 Å². The van der Waals surface area contributed by atoms with Gasteiger partial charge in [-0.05, 0) is 24.3 Å². The monoisotopic (exact) mass is 268 g/mol. The van der Waals surface area contributed by atoms with Crippen LogP contribution in [0, 0.1) is 17.1 Å². The van der Waals surface area contributed by atoms with Gasteiger partial charge in [0, 0.05) is 6.07 Å². The maximum Gasteiger partial charge on any atom is 0.247 e. The summed E-state index contributed by atoms with van der Waals surface area (Å²) in [6.07, 6.45) is 0. The highest BCUT2D eigenvalue weighted by Gasteiger charge is 2.17. The summed E-state index contributed by atoms with van der Waals surface area (Å²) >= 11 is 0. The van der Waals surface area contributed by atoms with Gasteiger partial charge in [-0.15, -0.1) is 0 Å². The Morgan fingerprint density at radius 3 is 2.80 bits per heavy atom. The lowest BCUT2D eigenvalue weighted by Gasteiger charge is -2.07. The molecule has 0 saturated heterocycles. The molecular weight excluding hydrogens is 259 g/mol. The zero-order valence-electron chi connectivity index (χ0n) is 10.3. The largest absolute Gasteiger partial charge is 0.450 e. The molecule has 0 unspecified atom stereocenters. The van der Waals surface area contributed by atoms with Gasteiger partial charge in [0.05, 0.1) is 11.1 Å². The Morgan fingerprint density at radius 1 is 1.20 bits per heavy atom. The minimum atomic E-state index is -0.472. The first-order valence-corrected chi connectivity index (χ1v) is 5.83. The van der Waals surface area contributed by atoms with Gasteiger partial charge in [0.15, 0.2) is 11.5 Å². The van der Waals surface area contributed by atoms with E-state index in [0.29, 0.717) is 11.0 Å². The number of fused-ring (bicyclic) bond motifs is 1. The third kappa shape index (κ3) is 1.93. The highest BCUT2D eigenvalue weighted by molar-refractivity contribution is 5.87. The van der Waals surface area contributed by atoms with E-state index in [1.165, 1.54) is 12.1 Å². The van der Waals surface area contributed by atoms with Crippen molar-refractivity contribution >= 4 is 16.7 Å². The van der Waals surface area contributed by atoms with Crippen molar-refractivity contribution in [3.63, 3.8) is 0 Å². The van der Waals surface area contributed by atoms with Crippen LogP contribution in [0.3, 0.4) is 0 Å². The molecule has 20 heavy (non-hydrogen) atoms. The summed E-state index contributed by atoms with van der Waals surface area (Å²) in [5, 5.41) is 9.72. The van der Waals surface area contributed by atoms with Gasteiger partial charge in [-0.3, -0.25) is 0 Å². The van der Waals surface area contributed by atoms with Crippen molar-refractivity contribution < 1.29 is 13.5 Å². The van der Waals surface area contributed by atoms with E-state index in [-0.39, 0.29) is 22.9 Å². The number of nitrogens with zero attached hydrogens (tertiary/aromatic N) is 1. The molecule has 0 spiro atoms. The topological polar surface area (TPSA) is 72.2 Å². The fourth-order valence-corrected chi connectivity index (χ4v) is 1.90. The first-order valence-electron chi connectivity index (χ1n) is 5.83. The third-order valence-corrected chi connectivity index (χ3v) is 2.84. The van der Waals surface area contributed by atoms with E-state index in [0.717, 1.165) is 6.07 Å². The van der Waals surface area contributed by atoms with Gasteiger partial charge < -0.3 is 14.9 Å². The number of benzene rings is 2. The lowest BCUT2D eigenvalue weighted by atomic mass is 10.2. The molecule has 0 amide bonds. The van der Waals surface area contributed by atoms with Crippen molar-refractivity contribution in [1.29, 1.82) is 5.26 Å². The molecule has 0 bridgehead atoms. The van der Waals surface area contributed by atoms with Gasteiger partial charge in [-0.25, -0.2) is 4.39 Å². The third-order valence-electron chi connectivity index (χ3n) is 2.84. The van der Waals surface area contributed by atoms with Crippen LogP contribution in [0.15, 0.2) is 46.9 Å². The maximum atomic E-state index is 13.2. The van der Waals surface area contributed by atoms with Crippen molar-refractivity contribution in [3.8, 4) is 17.6 Å². The fourth-order valence-electron chi connectivity index (χ4n) is 1.90. The molecule has 0 aliphatic heterocycles. The average Bonchev–Trinajstić information content (AvgIpc) is 2.81. The molecule has 0 aliphatic rings. The number of anilines is 1. The summed E-state index contributed by atoms with van der Waals surface area (Å²) in [5.74, 6) is -0.0659. The Balaban J connectivity index is 2.15. The van der Waals surface area contributed by atoms with Gasteiger partial charge in [0.2, 0.25) is 5.76 Å². The summed E-state index contributed by atoms with van der Waals surface area (Å²) in [6, 6.07) is 12.8. The molecule has 4 nitrogen and oxygen atoms in total. The minimum absolute atomic E-state index is 0.0230. The SMILES string of the molecule is N#Cc1oc2ccccc2c1Oc1cc(F)ccc1N. The highest BCUT2D eigenvalue weighted by atomic mass is 19.1. The number of hydrogen-bond donors (Lipinski definition) is 1. The zero-order chi connectivity index (χ0) is 14.1. The molecule has 0 saturated carbocycles. The van der Waals surface area contributed by atoms with E-state index in [4.69, 9.17) is 20.1 Å². The minimum Gasteiger partial charge on any atom is -0.450 e. The number of furan rings is 1. The molecule has 3 rings (SSSR count). The van der Waals surface area contributed by atoms with Crippen LogP contribution in [0.5, 0.6) is 11.5 Å². The second-order valence-corrected chi connectivity index (χ2v) is 4.15. The number of rotatable bonds is 2. The van der Waals surface area contributed by atoms with Gasteiger partial charge in [-0.1, -0.05) is 12.1 Å². The molecule has 1 heterocycles. The van der Waals surface area contributed by atoms with Crippen LogP contribution in [0.25, 0.3) is 11.0 Å². The van der Waals surface area contributed by atoms with Crippen LogP contribution in [0.1, 0.15) is 5.76 Å². The summed E-state index contributed by atoms with van der Waals surface area (Å²) < 4.78 is 24.2. The van der Waals surface area contributed by atoms with Crippen molar-refractivity contribution in [2.45, 2.75) is 0 Å². The molecule has 2 N–H and O–H groups in total. The number of para-hydroxylation sites is 1. The fraction of sp³-hybridized carbons (Fsp3) is 0. The van der Waals surface area contributed by atoms with E-state index >= 15 is 0 Å². The summed E-state index contributed by atoms with van der Waals surface area (Å²) in [6.45, 7) is 0. The molecule has 5 heteroatoms. The van der Waals surface area contributed by atoms with Crippen LogP contribution < -0.4 is 10.5 Å². The highest BCUT2D eigenvalue weighted by Crippen LogP contribution is 2.37. The molecule has 2 aromatic carbocycles. The summed E-state index contributed by atoms with van der Waals surface area (Å²) in [5.41, 5.74) is 6.54. The van der Waals surface area contributed by atoms with Crippen LogP contribution in [0.4, 0.5) is 10.1 Å². The quantitative estimate of drug-likeness (QED) is 0.717. The second-order valence-electron chi connectivity index (χ2n) is 4.15. The van der Waals surface area contributed by atoms with Gasteiger partial charge >= 0.3 is 0 Å². The molecule has 0 aliphatic carbocycles. The number of nitrogen functional groups attached to an aromatic ring is 1. The van der Waals surface area contributed by atoms with Gasteiger partial charge in [0.25, 0.3) is 0 Å². The van der Waals surface area contributed by atoms with Crippen molar-refractivity contribution in [2.24, 2.45) is 0 Å². The Kier molecular flexibility index (Phi) is 2.77. The van der Waals surface area contributed by atoms with E-state index in [9.17, 15) is 4.39 Å². The van der Waals surface area contributed by atoms with Crippen LogP contribution in [-0.2, 0) is 0 Å². The van der Waals surface area contributed by atoms with Crippen LogP contribution >= 0.6 is 0 Å². The number of ether oxygens (including phenoxy) is 1. The molecular formula is C15H9FN2O2. The predicted molar refractivity (Wildman–Crippen MR) is 71.8 cm³/mol. The molecule has 0 atom stereocenters. The van der Waals surface area contributed by atoms with E-state index < -0.39 is 5.82 Å². The van der Waals surface area contributed by atoms with E-state index in [1.807, 2.05) is 6.07 Å². The average molecular weight is 268 g/mol. The van der Waals surface area contributed by atoms with E-state index in [1.54, 1.807) is 24.3 Å². The van der Waals surface area contributed by atoms with Gasteiger partial charge in [0.1, 0.15) is 17.5 Å². The first-order chi connectivity index (χ1) is 9.69. The standard InChI is InChI=1S/C15H9FN2O2/c16-9-5-6-11(18)13(7-9)20-15-10-3-1-2-4-12(10)19-14(15)8-17/h1-7H,18H2. The van der Waals surface area contributed by atoms with Crippen molar-refractivity contribution in [2.75, 3.05) is 5.73 Å². The van der Waals surface area contributed by atoms with Crippen molar-refractivity contribution in [3.05, 3.63) is 54.0 Å². The Morgan fingerprint density at radius 2 is 2.00 bits per heavy atom. The van der Waals surface area contributed by atoms with Crippen LogP contribution in [-0.4, -0.2) is 0 Å². The predicted octanol–water partition coefficient (Wildman–Crippen LogP) is 3.82. The normalized spacial score (nSPS) is 10.4. The first kappa shape index (κ1) is 12.1. The maximum absolute atomic E-state index is 13.2. The molecule has 3 aromatic rings. The molecule has 0 radical (unpaired) electrons. The lowest BCUT2D eigenvalue weighted by Crippen LogP contribution is -1.93. The molecule has 98 valence electrons. The summed E-state index contributed by atoms with van der Waals surface area (Å²) in [7, 11) is 0. The zero-order valence-corrected chi connectivity index (χ0v) is 10.3. The molecule has 0 fully saturated rings. The van der Waals surface area contributed by atoms with E-state index in [2.05, 4.69) is 0 Å². The summed E-state index contributed by atoms with van der Waals surface area (Å²) in [4.78, 5) is 0. The molecule has 1 aromatic heterocycles. The lowest BCUT2D eigenvalue weighted by molar-refractivity contribution is 0.464. The Hall–Kier alpha value is -3.00. The smallest absolute Gasteiger partial charge is 0.247 e. The Bertz CT molecular complexity index is 833. The second kappa shape index (κ2) is 4.59.